The summed E-state index contributed by atoms with van der Waals surface area (Å²) in [5.74, 6) is 0.377. The molecule has 1 heterocycles. The third kappa shape index (κ3) is 6.80. The molecule has 0 amide bonds. The van der Waals surface area contributed by atoms with Crippen LogP contribution in [-0.2, 0) is 14.3 Å². The number of hydrogen-bond acceptors (Lipinski definition) is 5. The molecule has 1 aliphatic heterocycles. The SMILES string of the molecule is O=C(O)CC/C=C\CC1COC(c2ccc(Oc3ccc(Cl)cc3Cl)cc2)OC1c1ccccc1O. The van der Waals surface area contributed by atoms with Gasteiger partial charge in [-0.3, -0.25) is 4.79 Å². The van der Waals surface area contributed by atoms with E-state index in [1.165, 1.54) is 0 Å². The van der Waals surface area contributed by atoms with Crippen LogP contribution in [0.25, 0.3) is 0 Å². The standard InChI is InChI=1S/C28H26Cl2O6/c29-20-12-15-25(23(30)16-20)35-21-13-10-18(11-14-21)28-34-17-19(6-2-1-3-9-26(32)33)27(36-28)22-7-4-5-8-24(22)31/h1-2,4-5,7-8,10-16,19,27-28,31H,3,6,9,17H2,(H,32,33)/b2-1-. The van der Waals surface area contributed by atoms with Gasteiger partial charge in [0.15, 0.2) is 6.29 Å². The number of allylic oxidation sites excluding steroid dienone is 2. The molecule has 1 aliphatic rings. The van der Waals surface area contributed by atoms with Gasteiger partial charge in [0, 0.05) is 28.5 Å². The Balaban J connectivity index is 1.46. The number of phenols is 1. The molecule has 1 saturated heterocycles. The van der Waals surface area contributed by atoms with E-state index in [0.29, 0.717) is 46.6 Å². The first-order chi connectivity index (χ1) is 17.4. The second-order valence-electron chi connectivity index (χ2n) is 8.43. The number of ether oxygens (including phenoxy) is 3. The Kier molecular flexibility index (Phi) is 8.88. The molecule has 0 bridgehead atoms. The van der Waals surface area contributed by atoms with E-state index in [9.17, 15) is 9.90 Å². The van der Waals surface area contributed by atoms with E-state index in [1.54, 1.807) is 42.5 Å². The van der Waals surface area contributed by atoms with Gasteiger partial charge in [-0.25, -0.2) is 0 Å². The molecule has 3 unspecified atom stereocenters. The molecule has 0 spiro atoms. The second kappa shape index (κ2) is 12.3. The highest BCUT2D eigenvalue weighted by molar-refractivity contribution is 6.35. The number of carboxylic acids is 1. The van der Waals surface area contributed by atoms with E-state index >= 15 is 0 Å². The summed E-state index contributed by atoms with van der Waals surface area (Å²) in [6.45, 7) is 0.408. The third-order valence-electron chi connectivity index (χ3n) is 5.81. The highest BCUT2D eigenvalue weighted by atomic mass is 35.5. The molecule has 0 saturated carbocycles. The van der Waals surface area contributed by atoms with E-state index in [-0.39, 0.29) is 18.1 Å². The van der Waals surface area contributed by atoms with E-state index in [4.69, 9.17) is 42.5 Å². The molecule has 2 N–H and O–H groups in total. The number of carboxylic acid groups (broad SMARTS) is 1. The zero-order valence-electron chi connectivity index (χ0n) is 19.3. The van der Waals surface area contributed by atoms with E-state index in [1.807, 2.05) is 36.4 Å². The number of halogens is 2. The molecule has 0 aromatic heterocycles. The molecule has 3 atom stereocenters. The van der Waals surface area contributed by atoms with Crippen LogP contribution in [0.3, 0.4) is 0 Å². The van der Waals surface area contributed by atoms with Crippen molar-refractivity contribution in [3.63, 3.8) is 0 Å². The first-order valence-corrected chi connectivity index (χ1v) is 12.3. The fourth-order valence-electron chi connectivity index (χ4n) is 3.98. The fourth-order valence-corrected chi connectivity index (χ4v) is 4.42. The zero-order chi connectivity index (χ0) is 25.5. The molecule has 3 aromatic rings. The average molecular weight is 529 g/mol. The predicted molar refractivity (Wildman–Crippen MR) is 138 cm³/mol. The normalized spacial score (nSPS) is 19.9. The lowest BCUT2D eigenvalue weighted by Crippen LogP contribution is -2.30. The number of para-hydroxylation sites is 1. The van der Waals surface area contributed by atoms with Crippen molar-refractivity contribution < 1.29 is 29.2 Å². The van der Waals surface area contributed by atoms with Crippen molar-refractivity contribution in [3.05, 3.63) is 100 Å². The third-order valence-corrected chi connectivity index (χ3v) is 6.34. The summed E-state index contributed by atoms with van der Waals surface area (Å²) in [5.41, 5.74) is 1.49. The van der Waals surface area contributed by atoms with Crippen LogP contribution in [0.4, 0.5) is 0 Å². The summed E-state index contributed by atoms with van der Waals surface area (Å²) < 4.78 is 18.3. The van der Waals surface area contributed by atoms with Gasteiger partial charge in [-0.05, 0) is 49.2 Å². The Morgan fingerprint density at radius 1 is 1.06 bits per heavy atom. The first-order valence-electron chi connectivity index (χ1n) is 11.6. The quantitative estimate of drug-likeness (QED) is 0.276. The van der Waals surface area contributed by atoms with Crippen molar-refractivity contribution in [3.8, 4) is 17.2 Å². The number of aliphatic carboxylic acids is 1. The fraction of sp³-hybridized carbons (Fsp3) is 0.250. The van der Waals surface area contributed by atoms with Crippen molar-refractivity contribution in [2.75, 3.05) is 6.61 Å². The lowest BCUT2D eigenvalue weighted by atomic mass is 9.91. The van der Waals surface area contributed by atoms with Crippen molar-refractivity contribution in [1.82, 2.24) is 0 Å². The van der Waals surface area contributed by atoms with Gasteiger partial charge in [0.2, 0.25) is 0 Å². The van der Waals surface area contributed by atoms with Crippen LogP contribution in [0.15, 0.2) is 78.9 Å². The van der Waals surface area contributed by atoms with Crippen molar-refractivity contribution in [2.24, 2.45) is 5.92 Å². The first kappa shape index (κ1) is 26.0. The van der Waals surface area contributed by atoms with Gasteiger partial charge in [0.1, 0.15) is 17.2 Å². The molecule has 36 heavy (non-hydrogen) atoms. The van der Waals surface area contributed by atoms with Crippen LogP contribution in [-0.4, -0.2) is 22.8 Å². The summed E-state index contributed by atoms with van der Waals surface area (Å²) in [7, 11) is 0. The van der Waals surface area contributed by atoms with Crippen LogP contribution in [0.5, 0.6) is 17.2 Å². The number of rotatable bonds is 9. The van der Waals surface area contributed by atoms with Gasteiger partial charge in [0.25, 0.3) is 0 Å². The number of carbonyl (C=O) groups is 1. The largest absolute Gasteiger partial charge is 0.508 e. The molecule has 3 aromatic carbocycles. The molecule has 1 fully saturated rings. The maximum atomic E-state index is 10.7. The van der Waals surface area contributed by atoms with Crippen molar-refractivity contribution in [1.29, 1.82) is 0 Å². The van der Waals surface area contributed by atoms with E-state index < -0.39 is 18.4 Å². The summed E-state index contributed by atoms with van der Waals surface area (Å²) >= 11 is 12.1. The highest BCUT2D eigenvalue weighted by Crippen LogP contribution is 2.43. The molecule has 4 rings (SSSR count). The molecule has 188 valence electrons. The molecule has 0 radical (unpaired) electrons. The van der Waals surface area contributed by atoms with Crippen LogP contribution in [0.1, 0.15) is 42.8 Å². The number of benzene rings is 3. The smallest absolute Gasteiger partial charge is 0.303 e. The molecule has 0 aliphatic carbocycles. The van der Waals surface area contributed by atoms with Gasteiger partial charge in [-0.15, -0.1) is 0 Å². The monoisotopic (exact) mass is 528 g/mol. The minimum atomic E-state index is -0.827. The predicted octanol–water partition coefficient (Wildman–Crippen LogP) is 7.71. The Morgan fingerprint density at radius 2 is 1.83 bits per heavy atom. The van der Waals surface area contributed by atoms with Gasteiger partial charge < -0.3 is 24.4 Å². The molecular weight excluding hydrogens is 503 g/mol. The van der Waals surface area contributed by atoms with Crippen LogP contribution in [0, 0.1) is 5.92 Å². The van der Waals surface area contributed by atoms with Gasteiger partial charge in [-0.2, -0.15) is 0 Å². The Bertz CT molecular complexity index is 1210. The van der Waals surface area contributed by atoms with Crippen LogP contribution < -0.4 is 4.74 Å². The lowest BCUT2D eigenvalue weighted by molar-refractivity contribution is -0.244. The summed E-state index contributed by atoms with van der Waals surface area (Å²) in [6.07, 6.45) is 3.94. The van der Waals surface area contributed by atoms with Crippen LogP contribution >= 0.6 is 23.2 Å². The summed E-state index contributed by atoms with van der Waals surface area (Å²) in [5, 5.41) is 20.2. The maximum absolute atomic E-state index is 10.7. The number of phenolic OH excluding ortho intramolecular Hbond substituents is 1. The van der Waals surface area contributed by atoms with Gasteiger partial charge in [-0.1, -0.05) is 65.7 Å². The number of aromatic hydroxyl groups is 1. The molecular formula is C28H26Cl2O6. The second-order valence-corrected chi connectivity index (χ2v) is 9.27. The Hall–Kier alpha value is -3.03. The maximum Gasteiger partial charge on any atom is 0.303 e. The van der Waals surface area contributed by atoms with Crippen LogP contribution in [0.2, 0.25) is 10.0 Å². The van der Waals surface area contributed by atoms with Gasteiger partial charge >= 0.3 is 5.97 Å². The zero-order valence-corrected chi connectivity index (χ0v) is 20.9. The highest BCUT2D eigenvalue weighted by Gasteiger charge is 2.34. The molecule has 8 heteroatoms. The Morgan fingerprint density at radius 3 is 2.56 bits per heavy atom. The minimum Gasteiger partial charge on any atom is -0.508 e. The topological polar surface area (TPSA) is 85.2 Å². The van der Waals surface area contributed by atoms with E-state index in [2.05, 4.69) is 0 Å². The van der Waals surface area contributed by atoms with Crippen molar-refractivity contribution >= 4 is 29.2 Å². The summed E-state index contributed by atoms with van der Waals surface area (Å²) in [4.78, 5) is 10.7. The van der Waals surface area contributed by atoms with Crippen molar-refractivity contribution in [2.45, 2.75) is 31.7 Å². The summed E-state index contributed by atoms with van der Waals surface area (Å²) in [6, 6.07) is 19.5. The Labute approximate surface area is 219 Å². The average Bonchev–Trinajstić information content (AvgIpc) is 2.86. The lowest BCUT2D eigenvalue weighted by Gasteiger charge is -2.37. The van der Waals surface area contributed by atoms with Gasteiger partial charge in [0.05, 0.1) is 17.7 Å². The van der Waals surface area contributed by atoms with E-state index in [0.717, 1.165) is 5.56 Å². The molecule has 6 nitrogen and oxygen atoms in total. The number of hydrogen-bond donors (Lipinski definition) is 2. The minimum absolute atomic E-state index is 0.0507.